The van der Waals surface area contributed by atoms with Crippen LogP contribution < -0.4 is 5.32 Å². The van der Waals surface area contributed by atoms with E-state index in [0.29, 0.717) is 18.3 Å². The lowest BCUT2D eigenvalue weighted by Crippen LogP contribution is -2.45. The van der Waals surface area contributed by atoms with E-state index in [0.717, 1.165) is 33.5 Å². The van der Waals surface area contributed by atoms with Gasteiger partial charge in [0.1, 0.15) is 0 Å². The Labute approximate surface area is 209 Å². The standard InChI is InChI=1S/C28H26N4O2S/c1-18-9-13-22(14-10-18)26-30-27(34-31-26)24-19(2)32(17-20-11-15-23(35-3)16-12-20)28(33)29-25(24)21-7-5-4-6-8-21/h4-16,25H,17H2,1-3H3,(H,29,33). The molecule has 5 rings (SSSR count). The first kappa shape index (κ1) is 22.9. The van der Waals surface area contributed by atoms with Crippen molar-refractivity contribution < 1.29 is 9.32 Å². The van der Waals surface area contributed by atoms with Crippen molar-refractivity contribution in [2.24, 2.45) is 0 Å². The summed E-state index contributed by atoms with van der Waals surface area (Å²) >= 11 is 1.69. The molecule has 0 radical (unpaired) electrons. The van der Waals surface area contributed by atoms with E-state index in [1.165, 1.54) is 4.90 Å². The number of hydrogen-bond acceptors (Lipinski definition) is 5. The number of nitrogens with zero attached hydrogens (tertiary/aromatic N) is 3. The molecule has 2 heterocycles. The minimum atomic E-state index is -0.398. The van der Waals surface area contributed by atoms with Gasteiger partial charge in [0, 0.05) is 16.2 Å². The van der Waals surface area contributed by atoms with Gasteiger partial charge in [0.2, 0.25) is 5.82 Å². The van der Waals surface area contributed by atoms with Crippen molar-refractivity contribution in [3.05, 3.63) is 107 Å². The van der Waals surface area contributed by atoms with E-state index in [1.807, 2.05) is 74.7 Å². The first-order valence-electron chi connectivity index (χ1n) is 11.4. The van der Waals surface area contributed by atoms with Gasteiger partial charge in [0.05, 0.1) is 18.2 Å². The second-order valence-electron chi connectivity index (χ2n) is 8.52. The lowest BCUT2D eigenvalue weighted by Gasteiger charge is -2.35. The number of aryl methyl sites for hydroxylation is 1. The molecule has 1 atom stereocenters. The summed E-state index contributed by atoms with van der Waals surface area (Å²) in [5.74, 6) is 0.915. The summed E-state index contributed by atoms with van der Waals surface area (Å²) in [7, 11) is 0. The van der Waals surface area contributed by atoms with Crippen LogP contribution in [0.25, 0.3) is 17.0 Å². The Bertz CT molecular complexity index is 1360. The Morgan fingerprint density at radius 3 is 2.37 bits per heavy atom. The third-order valence-corrected chi connectivity index (χ3v) is 6.94. The average molecular weight is 483 g/mol. The molecule has 4 aromatic rings. The SMILES string of the molecule is CSc1ccc(CN2C(=O)NC(c3ccccc3)C(c3nc(-c4ccc(C)cc4)no3)=C2C)cc1. The van der Waals surface area contributed by atoms with Gasteiger partial charge in [0.15, 0.2) is 0 Å². The maximum Gasteiger partial charge on any atom is 0.322 e. The smallest absolute Gasteiger partial charge is 0.322 e. The summed E-state index contributed by atoms with van der Waals surface area (Å²) in [6.45, 7) is 4.42. The van der Waals surface area contributed by atoms with Gasteiger partial charge in [-0.25, -0.2) is 4.79 Å². The lowest BCUT2D eigenvalue weighted by atomic mass is 9.94. The third kappa shape index (κ3) is 4.72. The van der Waals surface area contributed by atoms with Gasteiger partial charge < -0.3 is 9.84 Å². The van der Waals surface area contributed by atoms with Gasteiger partial charge in [-0.15, -0.1) is 11.8 Å². The molecule has 0 fully saturated rings. The molecular weight excluding hydrogens is 456 g/mol. The third-order valence-electron chi connectivity index (χ3n) is 6.20. The number of nitrogens with one attached hydrogen (secondary N) is 1. The summed E-state index contributed by atoms with van der Waals surface area (Å²) in [5.41, 5.74) is 5.62. The number of carbonyl (C=O) groups is 1. The number of thioether (sulfide) groups is 1. The zero-order chi connectivity index (χ0) is 24.4. The first-order valence-corrected chi connectivity index (χ1v) is 12.6. The Morgan fingerprint density at radius 2 is 1.69 bits per heavy atom. The maximum atomic E-state index is 13.3. The molecule has 2 amide bonds. The van der Waals surface area contributed by atoms with Crippen LogP contribution in [0.4, 0.5) is 4.79 Å². The fourth-order valence-corrected chi connectivity index (χ4v) is 4.62. The molecule has 1 aliphatic heterocycles. The van der Waals surface area contributed by atoms with Gasteiger partial charge >= 0.3 is 6.03 Å². The van der Waals surface area contributed by atoms with Crippen LogP contribution in [0.15, 0.2) is 94.0 Å². The second kappa shape index (κ2) is 9.80. The van der Waals surface area contributed by atoms with Crippen molar-refractivity contribution in [2.75, 3.05) is 6.26 Å². The van der Waals surface area contributed by atoms with Crippen LogP contribution in [-0.4, -0.2) is 27.3 Å². The Morgan fingerprint density at radius 1 is 0.971 bits per heavy atom. The van der Waals surface area contributed by atoms with Crippen molar-refractivity contribution >= 4 is 23.4 Å². The van der Waals surface area contributed by atoms with Crippen LogP contribution in [-0.2, 0) is 6.54 Å². The zero-order valence-corrected chi connectivity index (χ0v) is 20.7. The summed E-state index contributed by atoms with van der Waals surface area (Å²) < 4.78 is 5.78. The van der Waals surface area contributed by atoms with E-state index in [4.69, 9.17) is 9.51 Å². The zero-order valence-electron chi connectivity index (χ0n) is 19.9. The number of rotatable bonds is 6. The number of benzene rings is 3. The highest BCUT2D eigenvalue weighted by Crippen LogP contribution is 2.37. The van der Waals surface area contributed by atoms with Crippen molar-refractivity contribution in [1.82, 2.24) is 20.4 Å². The van der Waals surface area contributed by atoms with Crippen LogP contribution in [0.2, 0.25) is 0 Å². The largest absolute Gasteiger partial charge is 0.334 e. The van der Waals surface area contributed by atoms with Gasteiger partial charge in [-0.05, 0) is 43.4 Å². The fraction of sp³-hybridized carbons (Fsp3) is 0.179. The second-order valence-corrected chi connectivity index (χ2v) is 9.40. The first-order chi connectivity index (χ1) is 17.0. The molecule has 0 spiro atoms. The molecule has 6 nitrogen and oxygen atoms in total. The molecule has 7 heteroatoms. The van der Waals surface area contributed by atoms with Crippen LogP contribution in [0.3, 0.4) is 0 Å². The Hall–Kier alpha value is -3.84. The molecular formula is C28H26N4O2S. The van der Waals surface area contributed by atoms with Gasteiger partial charge in [-0.3, -0.25) is 4.90 Å². The molecule has 0 saturated carbocycles. The van der Waals surface area contributed by atoms with E-state index in [1.54, 1.807) is 16.7 Å². The number of urea groups is 1. The van der Waals surface area contributed by atoms with Crippen LogP contribution in [0, 0.1) is 6.92 Å². The summed E-state index contributed by atoms with van der Waals surface area (Å²) in [6, 6.07) is 25.5. The van der Waals surface area contributed by atoms with E-state index in [-0.39, 0.29) is 6.03 Å². The molecule has 176 valence electrons. The average Bonchev–Trinajstić information content (AvgIpc) is 3.37. The number of hydrogen-bond donors (Lipinski definition) is 1. The summed E-state index contributed by atoms with van der Waals surface area (Å²) in [4.78, 5) is 20.9. The number of aromatic nitrogens is 2. The van der Waals surface area contributed by atoms with Gasteiger partial charge in [-0.1, -0.05) is 77.5 Å². The van der Waals surface area contributed by atoms with E-state index >= 15 is 0 Å². The Kier molecular flexibility index (Phi) is 6.42. The van der Waals surface area contributed by atoms with E-state index in [9.17, 15) is 4.79 Å². The lowest BCUT2D eigenvalue weighted by molar-refractivity contribution is 0.203. The molecule has 0 bridgehead atoms. The van der Waals surface area contributed by atoms with Crippen LogP contribution >= 0.6 is 11.8 Å². The predicted molar refractivity (Wildman–Crippen MR) is 139 cm³/mol. The molecule has 35 heavy (non-hydrogen) atoms. The van der Waals surface area contributed by atoms with Gasteiger partial charge in [-0.2, -0.15) is 4.98 Å². The maximum absolute atomic E-state index is 13.3. The highest BCUT2D eigenvalue weighted by molar-refractivity contribution is 7.98. The minimum absolute atomic E-state index is 0.160. The number of allylic oxidation sites excluding steroid dienone is 1. The predicted octanol–water partition coefficient (Wildman–Crippen LogP) is 6.46. The van der Waals surface area contributed by atoms with Crippen LogP contribution in [0.1, 0.15) is 35.5 Å². The van der Waals surface area contributed by atoms with Crippen molar-refractivity contribution in [1.29, 1.82) is 0 Å². The van der Waals surface area contributed by atoms with Crippen LogP contribution in [0.5, 0.6) is 0 Å². The molecule has 1 aromatic heterocycles. The molecule has 3 aromatic carbocycles. The normalized spacial score (nSPS) is 15.9. The molecule has 1 N–H and O–H groups in total. The topological polar surface area (TPSA) is 71.3 Å². The monoisotopic (exact) mass is 482 g/mol. The van der Waals surface area contributed by atoms with Crippen molar-refractivity contribution in [3.63, 3.8) is 0 Å². The molecule has 1 aliphatic rings. The number of amides is 2. The molecule has 0 aliphatic carbocycles. The minimum Gasteiger partial charge on any atom is -0.334 e. The quantitative estimate of drug-likeness (QED) is 0.319. The van der Waals surface area contributed by atoms with Crippen molar-refractivity contribution in [3.8, 4) is 11.4 Å². The Balaban J connectivity index is 1.56. The van der Waals surface area contributed by atoms with E-state index in [2.05, 4.69) is 34.7 Å². The number of carbonyl (C=O) groups excluding carboxylic acids is 1. The highest BCUT2D eigenvalue weighted by Gasteiger charge is 2.35. The van der Waals surface area contributed by atoms with Crippen molar-refractivity contribution in [2.45, 2.75) is 31.3 Å². The summed E-state index contributed by atoms with van der Waals surface area (Å²) in [6.07, 6.45) is 2.05. The fourth-order valence-electron chi connectivity index (χ4n) is 4.21. The summed E-state index contributed by atoms with van der Waals surface area (Å²) in [5, 5.41) is 7.41. The van der Waals surface area contributed by atoms with E-state index < -0.39 is 6.04 Å². The van der Waals surface area contributed by atoms with Gasteiger partial charge in [0.25, 0.3) is 5.89 Å². The molecule has 0 saturated heterocycles. The molecule has 1 unspecified atom stereocenters. The highest BCUT2D eigenvalue weighted by atomic mass is 32.2.